The molecule has 0 saturated carbocycles. The first-order valence-electron chi connectivity index (χ1n) is 9.06. The summed E-state index contributed by atoms with van der Waals surface area (Å²) in [6.07, 6.45) is 3.20. The fraction of sp³-hybridized carbons (Fsp3) is 0.0833. The van der Waals surface area contributed by atoms with Crippen LogP contribution in [0.4, 0.5) is 5.69 Å². The second-order valence-corrected chi connectivity index (χ2v) is 6.43. The molecule has 0 saturated heterocycles. The summed E-state index contributed by atoms with van der Waals surface area (Å²) in [5.41, 5.74) is 2.94. The normalized spacial score (nSPS) is 10.6. The van der Waals surface area contributed by atoms with Gasteiger partial charge in [-0.15, -0.1) is 0 Å². The molecular weight excluding hydrogens is 348 g/mol. The van der Waals surface area contributed by atoms with Gasteiger partial charge in [-0.05, 0) is 29.3 Å². The van der Waals surface area contributed by atoms with E-state index >= 15 is 0 Å². The zero-order valence-corrected chi connectivity index (χ0v) is 15.7. The van der Waals surface area contributed by atoms with Gasteiger partial charge in [0, 0.05) is 19.7 Å². The first kappa shape index (κ1) is 19.1. The van der Waals surface area contributed by atoms with Crippen LogP contribution in [0.1, 0.15) is 21.5 Å². The molecule has 1 N–H and O–H groups in total. The van der Waals surface area contributed by atoms with Crippen LogP contribution in [0, 0.1) is 0 Å². The van der Waals surface area contributed by atoms with Crippen LogP contribution in [0.25, 0.3) is 6.08 Å². The predicted octanol–water partition coefficient (Wildman–Crippen LogP) is 4.61. The summed E-state index contributed by atoms with van der Waals surface area (Å²) >= 11 is 0. The molecule has 0 spiro atoms. The maximum absolute atomic E-state index is 12.9. The summed E-state index contributed by atoms with van der Waals surface area (Å²) in [6.45, 7) is 0.496. The zero-order chi connectivity index (χ0) is 19.8. The van der Waals surface area contributed by atoms with Crippen molar-refractivity contribution in [3.63, 3.8) is 0 Å². The molecule has 0 atom stereocenters. The first-order chi connectivity index (χ1) is 13.6. The van der Waals surface area contributed by atoms with Gasteiger partial charge in [0.05, 0.1) is 11.3 Å². The van der Waals surface area contributed by atoms with E-state index in [9.17, 15) is 9.59 Å². The van der Waals surface area contributed by atoms with E-state index in [0.717, 1.165) is 11.1 Å². The highest BCUT2D eigenvalue weighted by Crippen LogP contribution is 2.18. The molecule has 2 amide bonds. The summed E-state index contributed by atoms with van der Waals surface area (Å²) < 4.78 is 0. The number of hydrogen-bond donors (Lipinski definition) is 1. The van der Waals surface area contributed by atoms with Crippen LogP contribution < -0.4 is 5.32 Å². The largest absolute Gasteiger partial charge is 0.337 e. The molecule has 0 aliphatic carbocycles. The average Bonchev–Trinajstić information content (AvgIpc) is 2.73. The van der Waals surface area contributed by atoms with Gasteiger partial charge in [0.15, 0.2) is 0 Å². The molecule has 0 aromatic heterocycles. The molecule has 140 valence electrons. The van der Waals surface area contributed by atoms with Crippen LogP contribution in [0.2, 0.25) is 0 Å². The Kier molecular flexibility index (Phi) is 6.37. The Morgan fingerprint density at radius 2 is 1.46 bits per heavy atom. The first-order valence-corrected chi connectivity index (χ1v) is 9.06. The number of carbonyl (C=O) groups is 2. The highest BCUT2D eigenvalue weighted by molar-refractivity contribution is 6.07. The molecule has 0 aliphatic rings. The molecule has 3 aromatic rings. The van der Waals surface area contributed by atoms with Gasteiger partial charge in [0.25, 0.3) is 5.91 Å². The van der Waals surface area contributed by atoms with E-state index in [-0.39, 0.29) is 11.8 Å². The number of anilines is 1. The molecular formula is C24H22N2O2. The third-order valence-electron chi connectivity index (χ3n) is 4.25. The fourth-order valence-electron chi connectivity index (χ4n) is 2.82. The Labute approximate surface area is 165 Å². The summed E-state index contributed by atoms with van der Waals surface area (Å²) in [7, 11) is 1.75. The van der Waals surface area contributed by atoms with Crippen molar-refractivity contribution < 1.29 is 9.59 Å². The number of benzene rings is 3. The summed E-state index contributed by atoms with van der Waals surface area (Å²) in [6, 6.07) is 26.4. The molecule has 0 heterocycles. The van der Waals surface area contributed by atoms with Crippen LogP contribution in [-0.4, -0.2) is 23.8 Å². The Morgan fingerprint density at radius 1 is 0.857 bits per heavy atom. The number of para-hydroxylation sites is 1. The van der Waals surface area contributed by atoms with E-state index in [1.54, 1.807) is 42.3 Å². The quantitative estimate of drug-likeness (QED) is 0.644. The summed E-state index contributed by atoms with van der Waals surface area (Å²) in [5, 5.41) is 2.81. The van der Waals surface area contributed by atoms with Crippen molar-refractivity contribution in [3.05, 3.63) is 108 Å². The Hall–Kier alpha value is -3.66. The van der Waals surface area contributed by atoms with Crippen molar-refractivity contribution in [3.8, 4) is 0 Å². The smallest absolute Gasteiger partial charge is 0.256 e. The monoisotopic (exact) mass is 370 g/mol. The predicted molar refractivity (Wildman–Crippen MR) is 113 cm³/mol. The van der Waals surface area contributed by atoms with Crippen molar-refractivity contribution in [1.82, 2.24) is 4.90 Å². The van der Waals surface area contributed by atoms with Crippen LogP contribution in [0.3, 0.4) is 0 Å². The second-order valence-electron chi connectivity index (χ2n) is 6.43. The van der Waals surface area contributed by atoms with E-state index in [1.165, 1.54) is 6.08 Å². The molecule has 4 nitrogen and oxygen atoms in total. The van der Waals surface area contributed by atoms with Gasteiger partial charge in [0.1, 0.15) is 0 Å². The molecule has 4 heteroatoms. The molecule has 0 unspecified atom stereocenters. The van der Waals surface area contributed by atoms with Crippen molar-refractivity contribution in [1.29, 1.82) is 0 Å². The number of rotatable bonds is 6. The van der Waals surface area contributed by atoms with Gasteiger partial charge in [-0.3, -0.25) is 9.59 Å². The van der Waals surface area contributed by atoms with Gasteiger partial charge in [-0.2, -0.15) is 0 Å². The highest BCUT2D eigenvalue weighted by atomic mass is 16.2. The van der Waals surface area contributed by atoms with E-state index in [1.807, 2.05) is 60.7 Å². The topological polar surface area (TPSA) is 49.4 Å². The number of carbonyl (C=O) groups excluding carboxylic acids is 2. The van der Waals surface area contributed by atoms with Crippen LogP contribution >= 0.6 is 0 Å². The average molecular weight is 370 g/mol. The lowest BCUT2D eigenvalue weighted by Gasteiger charge is -2.19. The third kappa shape index (κ3) is 5.17. The molecule has 0 radical (unpaired) electrons. The maximum atomic E-state index is 12.9. The number of nitrogens with one attached hydrogen (secondary N) is 1. The van der Waals surface area contributed by atoms with Gasteiger partial charge < -0.3 is 10.2 Å². The minimum Gasteiger partial charge on any atom is -0.337 e. The van der Waals surface area contributed by atoms with Crippen molar-refractivity contribution in [2.24, 2.45) is 0 Å². The van der Waals surface area contributed by atoms with Gasteiger partial charge in [-0.25, -0.2) is 0 Å². The van der Waals surface area contributed by atoms with E-state index in [0.29, 0.717) is 17.8 Å². The molecule has 3 aromatic carbocycles. The number of hydrogen-bond acceptors (Lipinski definition) is 2. The minimum absolute atomic E-state index is 0.146. The number of nitrogens with zero attached hydrogens (tertiary/aromatic N) is 1. The van der Waals surface area contributed by atoms with E-state index < -0.39 is 0 Å². The molecule has 0 aliphatic heterocycles. The SMILES string of the molecule is CN(Cc1ccccc1)C(=O)c1ccccc1NC(=O)/C=C\c1ccccc1. The molecule has 0 bridgehead atoms. The molecule has 28 heavy (non-hydrogen) atoms. The maximum Gasteiger partial charge on any atom is 0.256 e. The van der Waals surface area contributed by atoms with Crippen LogP contribution in [0.15, 0.2) is 91.0 Å². The van der Waals surface area contributed by atoms with E-state index in [2.05, 4.69) is 5.32 Å². The van der Waals surface area contributed by atoms with Crippen molar-refractivity contribution in [2.45, 2.75) is 6.54 Å². The fourth-order valence-corrected chi connectivity index (χ4v) is 2.82. The molecule has 3 rings (SSSR count). The highest BCUT2D eigenvalue weighted by Gasteiger charge is 2.16. The van der Waals surface area contributed by atoms with Gasteiger partial charge in [0.2, 0.25) is 5.91 Å². The standard InChI is InChI=1S/C24H22N2O2/c1-26(18-20-12-6-3-7-13-20)24(28)21-14-8-9-15-22(21)25-23(27)17-16-19-10-4-2-5-11-19/h2-17H,18H2,1H3,(H,25,27)/b17-16-. The van der Waals surface area contributed by atoms with Crippen LogP contribution in [-0.2, 0) is 11.3 Å². The Morgan fingerprint density at radius 3 is 2.18 bits per heavy atom. The number of amides is 2. The van der Waals surface area contributed by atoms with Crippen LogP contribution in [0.5, 0.6) is 0 Å². The summed E-state index contributed by atoms with van der Waals surface area (Å²) in [5.74, 6) is -0.429. The lowest BCUT2D eigenvalue weighted by Crippen LogP contribution is -2.27. The minimum atomic E-state index is -0.283. The lowest BCUT2D eigenvalue weighted by molar-refractivity contribution is -0.111. The van der Waals surface area contributed by atoms with Gasteiger partial charge >= 0.3 is 0 Å². The third-order valence-corrected chi connectivity index (χ3v) is 4.25. The van der Waals surface area contributed by atoms with Crippen molar-refractivity contribution in [2.75, 3.05) is 12.4 Å². The molecule has 0 fully saturated rings. The summed E-state index contributed by atoms with van der Waals surface area (Å²) in [4.78, 5) is 26.8. The van der Waals surface area contributed by atoms with E-state index in [4.69, 9.17) is 0 Å². The zero-order valence-electron chi connectivity index (χ0n) is 15.7. The second kappa shape index (κ2) is 9.33. The van der Waals surface area contributed by atoms with Gasteiger partial charge in [-0.1, -0.05) is 72.8 Å². The Balaban J connectivity index is 1.70. The Bertz CT molecular complexity index is 966. The van der Waals surface area contributed by atoms with Crippen molar-refractivity contribution >= 4 is 23.6 Å². The lowest BCUT2D eigenvalue weighted by atomic mass is 10.1.